The molecule has 0 saturated heterocycles. The average molecular weight is 263 g/mol. The van der Waals surface area contributed by atoms with Crippen molar-refractivity contribution in [2.24, 2.45) is 5.73 Å². The molecular formula is C14H15F2N3. The van der Waals surface area contributed by atoms with Crippen molar-refractivity contribution in [2.75, 3.05) is 0 Å². The van der Waals surface area contributed by atoms with Crippen LogP contribution in [0.2, 0.25) is 0 Å². The number of benzene rings is 1. The highest BCUT2D eigenvalue weighted by atomic mass is 19.1. The third-order valence-electron chi connectivity index (χ3n) is 3.56. The van der Waals surface area contributed by atoms with E-state index in [1.807, 2.05) is 0 Å². The second-order valence-corrected chi connectivity index (χ2v) is 4.98. The molecule has 0 bridgehead atoms. The quantitative estimate of drug-likeness (QED) is 0.905. The standard InChI is InChI=1S/C14H15F2N3/c15-10-4-9(5-11(16)6-10)8-19-14-3-1-2-13(17)12(14)7-18-19/h4-7,13H,1-3,8,17H2. The number of hydrogen-bond donors (Lipinski definition) is 1. The minimum Gasteiger partial charge on any atom is -0.324 e. The summed E-state index contributed by atoms with van der Waals surface area (Å²) in [5, 5.41) is 4.29. The molecule has 19 heavy (non-hydrogen) atoms. The van der Waals surface area contributed by atoms with Crippen molar-refractivity contribution < 1.29 is 8.78 Å². The Balaban J connectivity index is 1.91. The molecule has 0 aliphatic heterocycles. The van der Waals surface area contributed by atoms with Crippen LogP contribution in [0.1, 0.15) is 35.7 Å². The predicted molar refractivity (Wildman–Crippen MR) is 67.6 cm³/mol. The molecule has 0 spiro atoms. The van der Waals surface area contributed by atoms with Gasteiger partial charge in [-0.15, -0.1) is 0 Å². The van der Waals surface area contributed by atoms with Crippen molar-refractivity contribution in [3.63, 3.8) is 0 Å². The zero-order valence-corrected chi connectivity index (χ0v) is 10.4. The van der Waals surface area contributed by atoms with Gasteiger partial charge in [-0.25, -0.2) is 8.78 Å². The fraction of sp³-hybridized carbons (Fsp3) is 0.357. The molecule has 0 amide bonds. The zero-order valence-electron chi connectivity index (χ0n) is 10.4. The molecular weight excluding hydrogens is 248 g/mol. The molecule has 1 aromatic heterocycles. The zero-order chi connectivity index (χ0) is 13.4. The van der Waals surface area contributed by atoms with Crippen LogP contribution in [0.3, 0.4) is 0 Å². The first-order chi connectivity index (χ1) is 9.13. The first-order valence-corrected chi connectivity index (χ1v) is 6.38. The summed E-state index contributed by atoms with van der Waals surface area (Å²) in [6.07, 6.45) is 4.68. The smallest absolute Gasteiger partial charge is 0.126 e. The minimum atomic E-state index is -0.562. The monoisotopic (exact) mass is 263 g/mol. The molecule has 0 fully saturated rings. The van der Waals surface area contributed by atoms with Gasteiger partial charge in [0, 0.05) is 23.4 Å². The van der Waals surface area contributed by atoms with Crippen LogP contribution in [-0.2, 0) is 13.0 Å². The molecule has 0 radical (unpaired) electrons. The highest BCUT2D eigenvalue weighted by Crippen LogP contribution is 2.28. The normalized spacial score (nSPS) is 18.4. The Bertz CT molecular complexity index is 586. The second-order valence-electron chi connectivity index (χ2n) is 4.98. The van der Waals surface area contributed by atoms with Crippen LogP contribution in [0.25, 0.3) is 0 Å². The van der Waals surface area contributed by atoms with E-state index in [-0.39, 0.29) is 6.04 Å². The van der Waals surface area contributed by atoms with Gasteiger partial charge in [-0.05, 0) is 37.0 Å². The van der Waals surface area contributed by atoms with E-state index < -0.39 is 11.6 Å². The molecule has 5 heteroatoms. The van der Waals surface area contributed by atoms with Gasteiger partial charge in [-0.2, -0.15) is 5.10 Å². The molecule has 2 N–H and O–H groups in total. The van der Waals surface area contributed by atoms with E-state index in [9.17, 15) is 8.78 Å². The van der Waals surface area contributed by atoms with Crippen LogP contribution in [0.4, 0.5) is 8.78 Å². The molecule has 3 rings (SSSR count). The Morgan fingerprint density at radius 1 is 1.26 bits per heavy atom. The van der Waals surface area contributed by atoms with E-state index >= 15 is 0 Å². The van der Waals surface area contributed by atoms with Gasteiger partial charge in [0.25, 0.3) is 0 Å². The maximum absolute atomic E-state index is 13.2. The summed E-state index contributed by atoms with van der Waals surface area (Å²) in [4.78, 5) is 0. The lowest BCUT2D eigenvalue weighted by molar-refractivity contribution is 0.534. The number of rotatable bonds is 2. The number of aromatic nitrogens is 2. The van der Waals surface area contributed by atoms with Crippen LogP contribution in [0.5, 0.6) is 0 Å². The molecule has 100 valence electrons. The Labute approximate surface area is 110 Å². The number of halogens is 2. The van der Waals surface area contributed by atoms with Gasteiger partial charge in [0.2, 0.25) is 0 Å². The molecule has 1 atom stereocenters. The largest absolute Gasteiger partial charge is 0.324 e. The van der Waals surface area contributed by atoms with Gasteiger partial charge >= 0.3 is 0 Å². The third kappa shape index (κ3) is 2.38. The first-order valence-electron chi connectivity index (χ1n) is 6.38. The number of hydrogen-bond acceptors (Lipinski definition) is 2. The fourth-order valence-corrected chi connectivity index (χ4v) is 2.66. The summed E-state index contributed by atoms with van der Waals surface area (Å²) >= 11 is 0. The average Bonchev–Trinajstić information content (AvgIpc) is 2.73. The molecule has 0 saturated carbocycles. The van der Waals surface area contributed by atoms with Crippen molar-refractivity contribution in [3.8, 4) is 0 Å². The molecule has 1 unspecified atom stereocenters. The molecule has 1 aromatic carbocycles. The number of fused-ring (bicyclic) bond motifs is 1. The minimum absolute atomic E-state index is 0.0294. The van der Waals surface area contributed by atoms with Gasteiger partial charge in [-0.3, -0.25) is 4.68 Å². The van der Waals surface area contributed by atoms with Crippen LogP contribution < -0.4 is 5.73 Å². The third-order valence-corrected chi connectivity index (χ3v) is 3.56. The van der Waals surface area contributed by atoms with Crippen molar-refractivity contribution in [1.29, 1.82) is 0 Å². The summed E-state index contributed by atoms with van der Waals surface area (Å²) in [5.74, 6) is -1.12. The Morgan fingerprint density at radius 2 is 2.00 bits per heavy atom. The lowest BCUT2D eigenvalue weighted by Gasteiger charge is -2.19. The first kappa shape index (κ1) is 12.3. The van der Waals surface area contributed by atoms with Crippen molar-refractivity contribution in [3.05, 3.63) is 52.9 Å². The lowest BCUT2D eigenvalue weighted by Crippen LogP contribution is -2.18. The maximum Gasteiger partial charge on any atom is 0.126 e. The SMILES string of the molecule is NC1CCCc2c1cnn2Cc1cc(F)cc(F)c1. The van der Waals surface area contributed by atoms with E-state index in [2.05, 4.69) is 5.10 Å². The summed E-state index contributed by atoms with van der Waals surface area (Å²) in [5.41, 5.74) is 8.74. The van der Waals surface area contributed by atoms with Crippen LogP contribution in [-0.4, -0.2) is 9.78 Å². The predicted octanol–water partition coefficient (Wildman–Crippen LogP) is 2.55. The molecule has 1 aliphatic carbocycles. The summed E-state index contributed by atoms with van der Waals surface area (Å²) in [6, 6.07) is 3.57. The summed E-state index contributed by atoms with van der Waals surface area (Å²) in [7, 11) is 0. The van der Waals surface area contributed by atoms with Gasteiger partial charge in [0.15, 0.2) is 0 Å². The van der Waals surface area contributed by atoms with Gasteiger partial charge in [0.05, 0.1) is 12.7 Å². The maximum atomic E-state index is 13.2. The number of nitrogens with zero attached hydrogens (tertiary/aromatic N) is 2. The van der Waals surface area contributed by atoms with E-state index in [1.54, 1.807) is 10.9 Å². The fourth-order valence-electron chi connectivity index (χ4n) is 2.66. The summed E-state index contributed by atoms with van der Waals surface area (Å²) in [6.45, 7) is 0.372. The van der Waals surface area contributed by atoms with Crippen molar-refractivity contribution >= 4 is 0 Å². The van der Waals surface area contributed by atoms with Crippen molar-refractivity contribution in [1.82, 2.24) is 9.78 Å². The molecule has 1 heterocycles. The van der Waals surface area contributed by atoms with E-state index in [0.29, 0.717) is 12.1 Å². The topological polar surface area (TPSA) is 43.8 Å². The second kappa shape index (κ2) is 4.74. The summed E-state index contributed by atoms with van der Waals surface area (Å²) < 4.78 is 28.1. The highest BCUT2D eigenvalue weighted by molar-refractivity contribution is 5.26. The molecule has 1 aliphatic rings. The van der Waals surface area contributed by atoms with Crippen LogP contribution >= 0.6 is 0 Å². The lowest BCUT2D eigenvalue weighted by atomic mass is 9.94. The van der Waals surface area contributed by atoms with Crippen molar-refractivity contribution in [2.45, 2.75) is 31.8 Å². The van der Waals surface area contributed by atoms with E-state index in [1.165, 1.54) is 12.1 Å². The van der Waals surface area contributed by atoms with E-state index in [0.717, 1.165) is 36.6 Å². The highest BCUT2D eigenvalue weighted by Gasteiger charge is 2.21. The van der Waals surface area contributed by atoms with Gasteiger partial charge in [-0.1, -0.05) is 0 Å². The van der Waals surface area contributed by atoms with Gasteiger partial charge in [0.1, 0.15) is 11.6 Å². The van der Waals surface area contributed by atoms with Gasteiger partial charge < -0.3 is 5.73 Å². The Kier molecular flexibility index (Phi) is 3.06. The Morgan fingerprint density at radius 3 is 2.74 bits per heavy atom. The molecule has 3 nitrogen and oxygen atoms in total. The van der Waals surface area contributed by atoms with E-state index in [4.69, 9.17) is 5.73 Å². The van der Waals surface area contributed by atoms with Crippen LogP contribution in [0, 0.1) is 11.6 Å². The molecule has 2 aromatic rings. The Hall–Kier alpha value is -1.75. The number of nitrogens with two attached hydrogens (primary N) is 1. The van der Waals surface area contributed by atoms with Crippen LogP contribution in [0.15, 0.2) is 24.4 Å².